The molecule has 2 N–H and O–H groups in total. The quantitative estimate of drug-likeness (QED) is 0.543. The Hall–Kier alpha value is -0.830. The van der Waals surface area contributed by atoms with Crippen LogP contribution in [0, 0.1) is 0 Å². The SMILES string of the molecule is C=C(CC(C)O)C(=O)O. The smallest absolute Gasteiger partial charge is 0.331 e. The van der Waals surface area contributed by atoms with Crippen LogP contribution in [0.2, 0.25) is 0 Å². The molecule has 0 aliphatic carbocycles. The Balaban J connectivity index is 3.65. The second-order valence-electron chi connectivity index (χ2n) is 1.96. The summed E-state index contributed by atoms with van der Waals surface area (Å²) in [5.74, 6) is -1.05. The summed E-state index contributed by atoms with van der Waals surface area (Å²) in [5.41, 5.74) is 0.0463. The van der Waals surface area contributed by atoms with Crippen LogP contribution < -0.4 is 0 Å². The van der Waals surface area contributed by atoms with Crippen LogP contribution in [0.1, 0.15) is 13.3 Å². The number of hydrogen-bond donors (Lipinski definition) is 2. The molecule has 1 atom stereocenters. The highest BCUT2D eigenvalue weighted by Crippen LogP contribution is 2.01. The van der Waals surface area contributed by atoms with Gasteiger partial charge >= 0.3 is 5.97 Å². The van der Waals surface area contributed by atoms with E-state index >= 15 is 0 Å². The Labute approximate surface area is 53.6 Å². The molecule has 0 fully saturated rings. The van der Waals surface area contributed by atoms with E-state index in [0.717, 1.165) is 0 Å². The lowest BCUT2D eigenvalue weighted by Gasteiger charge is -2.01. The summed E-state index contributed by atoms with van der Waals surface area (Å²) in [6.45, 7) is 4.76. The first-order valence-corrected chi connectivity index (χ1v) is 2.63. The van der Waals surface area contributed by atoms with E-state index in [1.807, 2.05) is 0 Å². The molecule has 3 nitrogen and oxygen atoms in total. The zero-order valence-corrected chi connectivity index (χ0v) is 5.29. The van der Waals surface area contributed by atoms with Crippen molar-refractivity contribution < 1.29 is 15.0 Å². The van der Waals surface area contributed by atoms with E-state index in [2.05, 4.69) is 6.58 Å². The van der Waals surface area contributed by atoms with Gasteiger partial charge in [0, 0.05) is 12.0 Å². The van der Waals surface area contributed by atoms with Crippen molar-refractivity contribution >= 4 is 5.97 Å². The monoisotopic (exact) mass is 130 g/mol. The molecule has 0 rings (SSSR count). The van der Waals surface area contributed by atoms with Crippen LogP contribution in [0.4, 0.5) is 0 Å². The van der Waals surface area contributed by atoms with Crippen LogP contribution in [0.25, 0.3) is 0 Å². The van der Waals surface area contributed by atoms with Crippen LogP contribution in [0.5, 0.6) is 0 Å². The zero-order chi connectivity index (χ0) is 7.44. The molecule has 1 unspecified atom stereocenters. The van der Waals surface area contributed by atoms with Crippen molar-refractivity contribution in [3.63, 3.8) is 0 Å². The van der Waals surface area contributed by atoms with Gasteiger partial charge < -0.3 is 10.2 Å². The summed E-state index contributed by atoms with van der Waals surface area (Å²) in [5, 5.41) is 16.9. The van der Waals surface area contributed by atoms with Gasteiger partial charge in [0.15, 0.2) is 0 Å². The van der Waals surface area contributed by atoms with Gasteiger partial charge in [-0.15, -0.1) is 0 Å². The number of aliphatic hydroxyl groups excluding tert-OH is 1. The molecule has 0 amide bonds. The molecule has 0 heterocycles. The van der Waals surface area contributed by atoms with E-state index in [-0.39, 0.29) is 12.0 Å². The van der Waals surface area contributed by atoms with E-state index in [4.69, 9.17) is 10.2 Å². The summed E-state index contributed by atoms with van der Waals surface area (Å²) in [6, 6.07) is 0. The number of carbonyl (C=O) groups is 1. The van der Waals surface area contributed by atoms with Crippen molar-refractivity contribution in [3.8, 4) is 0 Å². The fourth-order valence-corrected chi connectivity index (χ4v) is 0.444. The van der Waals surface area contributed by atoms with Crippen molar-refractivity contribution in [2.24, 2.45) is 0 Å². The number of hydrogen-bond acceptors (Lipinski definition) is 2. The third-order valence-electron chi connectivity index (χ3n) is 0.844. The van der Waals surface area contributed by atoms with E-state index in [9.17, 15) is 4.79 Å². The summed E-state index contributed by atoms with van der Waals surface area (Å²) < 4.78 is 0. The second-order valence-corrected chi connectivity index (χ2v) is 1.96. The number of carboxylic acid groups (broad SMARTS) is 1. The van der Waals surface area contributed by atoms with Gasteiger partial charge in [-0.1, -0.05) is 6.58 Å². The fourth-order valence-electron chi connectivity index (χ4n) is 0.444. The number of aliphatic hydroxyl groups is 1. The highest BCUT2D eigenvalue weighted by Gasteiger charge is 2.05. The fraction of sp³-hybridized carbons (Fsp3) is 0.500. The van der Waals surface area contributed by atoms with Gasteiger partial charge in [0.05, 0.1) is 6.10 Å². The molecular weight excluding hydrogens is 120 g/mol. The van der Waals surface area contributed by atoms with Gasteiger partial charge in [-0.2, -0.15) is 0 Å². The molecular formula is C6H10O3. The average Bonchev–Trinajstić information content (AvgIpc) is 1.63. The summed E-state index contributed by atoms with van der Waals surface area (Å²) >= 11 is 0. The molecule has 9 heavy (non-hydrogen) atoms. The number of aliphatic carboxylic acids is 1. The van der Waals surface area contributed by atoms with E-state index in [1.54, 1.807) is 0 Å². The van der Waals surface area contributed by atoms with Crippen molar-refractivity contribution in [2.75, 3.05) is 0 Å². The minimum Gasteiger partial charge on any atom is -0.478 e. The van der Waals surface area contributed by atoms with Crippen LogP contribution >= 0.6 is 0 Å². The largest absolute Gasteiger partial charge is 0.478 e. The average molecular weight is 130 g/mol. The topological polar surface area (TPSA) is 57.5 Å². The van der Waals surface area contributed by atoms with Crippen LogP contribution in [-0.4, -0.2) is 22.3 Å². The highest BCUT2D eigenvalue weighted by molar-refractivity contribution is 5.85. The molecule has 0 aliphatic heterocycles. The third kappa shape index (κ3) is 3.73. The molecule has 52 valence electrons. The molecule has 0 aromatic carbocycles. The Morgan fingerprint density at radius 1 is 1.78 bits per heavy atom. The predicted octanol–water partition coefficient (Wildman–Crippen LogP) is 0.398. The molecule has 0 saturated heterocycles. The van der Waals surface area contributed by atoms with Crippen molar-refractivity contribution in [3.05, 3.63) is 12.2 Å². The maximum absolute atomic E-state index is 10.0. The summed E-state index contributed by atoms with van der Waals surface area (Å²) in [6.07, 6.45) is -0.483. The summed E-state index contributed by atoms with van der Waals surface area (Å²) in [7, 11) is 0. The number of carboxylic acids is 1. The van der Waals surface area contributed by atoms with Gasteiger partial charge in [-0.25, -0.2) is 4.79 Å². The first-order chi connectivity index (χ1) is 4.04. The highest BCUT2D eigenvalue weighted by atomic mass is 16.4. The lowest BCUT2D eigenvalue weighted by molar-refractivity contribution is -0.133. The Kier molecular flexibility index (Phi) is 2.95. The Bertz CT molecular complexity index is 126. The molecule has 3 heteroatoms. The van der Waals surface area contributed by atoms with Crippen molar-refractivity contribution in [1.29, 1.82) is 0 Å². The van der Waals surface area contributed by atoms with Gasteiger partial charge in [-0.05, 0) is 6.92 Å². The van der Waals surface area contributed by atoms with E-state index in [0.29, 0.717) is 0 Å². The second kappa shape index (κ2) is 3.25. The molecule has 0 saturated carbocycles. The van der Waals surface area contributed by atoms with Gasteiger partial charge in [0.1, 0.15) is 0 Å². The van der Waals surface area contributed by atoms with E-state index < -0.39 is 12.1 Å². The van der Waals surface area contributed by atoms with E-state index in [1.165, 1.54) is 6.92 Å². The molecule has 0 radical (unpaired) electrons. The van der Waals surface area contributed by atoms with Crippen LogP contribution in [0.15, 0.2) is 12.2 Å². The lowest BCUT2D eigenvalue weighted by atomic mass is 10.1. The first kappa shape index (κ1) is 8.17. The lowest BCUT2D eigenvalue weighted by Crippen LogP contribution is -2.07. The van der Waals surface area contributed by atoms with Crippen molar-refractivity contribution in [1.82, 2.24) is 0 Å². The van der Waals surface area contributed by atoms with Gasteiger partial charge in [-0.3, -0.25) is 0 Å². The van der Waals surface area contributed by atoms with Gasteiger partial charge in [0.25, 0.3) is 0 Å². The predicted molar refractivity (Wildman–Crippen MR) is 33.1 cm³/mol. The first-order valence-electron chi connectivity index (χ1n) is 2.63. The molecule has 0 spiro atoms. The minimum atomic E-state index is -1.05. The molecule has 0 aromatic rings. The van der Waals surface area contributed by atoms with Gasteiger partial charge in [0.2, 0.25) is 0 Å². The molecule has 0 bridgehead atoms. The number of rotatable bonds is 3. The van der Waals surface area contributed by atoms with Crippen LogP contribution in [-0.2, 0) is 4.79 Å². The standard InChI is InChI=1S/C6H10O3/c1-4(6(8)9)3-5(2)7/h5,7H,1,3H2,2H3,(H,8,9). The van der Waals surface area contributed by atoms with Crippen LogP contribution in [0.3, 0.4) is 0 Å². The zero-order valence-electron chi connectivity index (χ0n) is 5.29. The third-order valence-corrected chi connectivity index (χ3v) is 0.844. The normalized spacial score (nSPS) is 12.7. The molecule has 0 aromatic heterocycles. The molecule has 0 aliphatic rings. The van der Waals surface area contributed by atoms with Crippen molar-refractivity contribution in [2.45, 2.75) is 19.4 Å². The Morgan fingerprint density at radius 3 is 2.33 bits per heavy atom. The maximum Gasteiger partial charge on any atom is 0.331 e. The maximum atomic E-state index is 10.0. The summed E-state index contributed by atoms with van der Waals surface area (Å²) in [4.78, 5) is 10.0. The minimum absolute atomic E-state index is 0.0463. The Morgan fingerprint density at radius 2 is 2.22 bits per heavy atom.